The maximum absolute atomic E-state index is 13.0. The van der Waals surface area contributed by atoms with Crippen molar-refractivity contribution >= 4 is 39.1 Å². The van der Waals surface area contributed by atoms with Gasteiger partial charge in [-0.1, -0.05) is 17.7 Å². The first-order valence-corrected chi connectivity index (χ1v) is 8.39. The Hall–Kier alpha value is -1.63. The van der Waals surface area contributed by atoms with E-state index < -0.39 is 5.82 Å². The quantitative estimate of drug-likeness (QED) is 0.728. The van der Waals surface area contributed by atoms with Crippen molar-refractivity contribution in [3.63, 3.8) is 0 Å². The molecule has 2 aromatic rings. The molecule has 0 spiro atoms. The maximum atomic E-state index is 13.0. The smallest absolute Gasteiger partial charge is 0.238 e. The van der Waals surface area contributed by atoms with E-state index in [-0.39, 0.29) is 23.5 Å². The molecule has 1 atom stereocenters. The van der Waals surface area contributed by atoms with Crippen LogP contribution in [0.3, 0.4) is 0 Å². The summed E-state index contributed by atoms with van der Waals surface area (Å²) in [5.74, 6) is 0.0346. The molecule has 0 bridgehead atoms. The first kappa shape index (κ1) is 18.7. The van der Waals surface area contributed by atoms with Gasteiger partial charge in [-0.2, -0.15) is 0 Å². The third kappa shape index (κ3) is 4.93. The van der Waals surface area contributed by atoms with Crippen LogP contribution < -0.4 is 15.4 Å². The van der Waals surface area contributed by atoms with Gasteiger partial charge >= 0.3 is 0 Å². The Morgan fingerprint density at radius 1 is 1.33 bits per heavy atom. The molecule has 0 radical (unpaired) electrons. The molecule has 0 heterocycles. The molecule has 0 aliphatic rings. The number of carbonyl (C=O) groups is 1. The summed E-state index contributed by atoms with van der Waals surface area (Å²) in [7, 11) is 1.60. The number of methoxy groups -OCH3 is 1. The summed E-state index contributed by atoms with van der Waals surface area (Å²) in [6.45, 7) is 2.05. The summed E-state index contributed by atoms with van der Waals surface area (Å²) in [6.07, 6.45) is 0. The molecule has 128 valence electrons. The van der Waals surface area contributed by atoms with Gasteiger partial charge in [0.2, 0.25) is 5.91 Å². The van der Waals surface area contributed by atoms with Gasteiger partial charge in [0.15, 0.2) is 0 Å². The third-order valence-corrected chi connectivity index (χ3v) is 4.38. The Morgan fingerprint density at radius 3 is 2.71 bits per heavy atom. The highest BCUT2D eigenvalue weighted by atomic mass is 79.9. The fraction of sp³-hybridized carbons (Fsp3) is 0.235. The molecule has 0 aromatic heterocycles. The Kier molecular flexibility index (Phi) is 6.60. The van der Waals surface area contributed by atoms with Crippen LogP contribution in [0.15, 0.2) is 40.9 Å². The van der Waals surface area contributed by atoms with Crippen molar-refractivity contribution in [1.82, 2.24) is 5.32 Å². The molecule has 0 fully saturated rings. The van der Waals surface area contributed by atoms with Crippen molar-refractivity contribution in [3.05, 3.63) is 57.3 Å². The van der Waals surface area contributed by atoms with Crippen LogP contribution >= 0.6 is 27.5 Å². The van der Waals surface area contributed by atoms with Crippen molar-refractivity contribution in [2.45, 2.75) is 13.0 Å². The number of nitrogens with one attached hydrogen (secondary N) is 2. The zero-order valence-electron chi connectivity index (χ0n) is 13.2. The molecule has 1 amide bonds. The second kappa shape index (κ2) is 8.46. The van der Waals surface area contributed by atoms with E-state index in [1.54, 1.807) is 7.11 Å². The number of carbonyl (C=O) groups excluding carboxylic acids is 1. The lowest BCUT2D eigenvalue weighted by molar-refractivity contribution is -0.115. The lowest BCUT2D eigenvalue weighted by Crippen LogP contribution is -2.30. The van der Waals surface area contributed by atoms with Gasteiger partial charge in [-0.05, 0) is 58.7 Å². The maximum Gasteiger partial charge on any atom is 0.238 e. The Labute approximate surface area is 153 Å². The predicted octanol–water partition coefficient (Wildman–Crippen LogP) is 4.54. The van der Waals surface area contributed by atoms with Gasteiger partial charge in [-0.25, -0.2) is 4.39 Å². The molecule has 0 saturated carbocycles. The predicted molar refractivity (Wildman–Crippen MR) is 97.2 cm³/mol. The summed E-state index contributed by atoms with van der Waals surface area (Å²) in [5.41, 5.74) is 1.39. The highest BCUT2D eigenvalue weighted by Gasteiger charge is 2.11. The van der Waals surface area contributed by atoms with Crippen molar-refractivity contribution < 1.29 is 13.9 Å². The largest absolute Gasteiger partial charge is 0.496 e. The number of anilines is 1. The van der Waals surface area contributed by atoms with Crippen LogP contribution in [-0.2, 0) is 4.79 Å². The summed E-state index contributed by atoms with van der Waals surface area (Å²) in [6, 6.07) is 9.51. The summed E-state index contributed by atoms with van der Waals surface area (Å²) < 4.78 is 19.0. The van der Waals surface area contributed by atoms with Gasteiger partial charge in [0.25, 0.3) is 0 Å². The molecule has 4 nitrogen and oxygen atoms in total. The van der Waals surface area contributed by atoms with Crippen LogP contribution in [0, 0.1) is 5.82 Å². The van der Waals surface area contributed by atoms with E-state index in [4.69, 9.17) is 16.3 Å². The SMILES string of the molecule is COc1ccc([C@@H](C)NCC(=O)Nc2ccc(F)cc2Cl)cc1Br. The van der Waals surface area contributed by atoms with Gasteiger partial charge in [0.05, 0.1) is 28.8 Å². The standard InChI is InChI=1S/C17H17BrClFN2O2/c1-10(11-3-6-16(24-2)13(18)7-11)21-9-17(23)22-15-5-4-12(20)8-14(15)19/h3-8,10,21H,9H2,1-2H3,(H,22,23)/t10-/m1/s1. The number of ether oxygens (including phenoxy) is 1. The monoisotopic (exact) mass is 414 g/mol. The number of hydrogen-bond donors (Lipinski definition) is 2. The molecular formula is C17H17BrClFN2O2. The van der Waals surface area contributed by atoms with E-state index in [0.717, 1.165) is 21.9 Å². The molecule has 0 unspecified atom stereocenters. The molecule has 0 aliphatic heterocycles. The average molecular weight is 416 g/mol. The Balaban J connectivity index is 1.92. The molecule has 0 saturated heterocycles. The van der Waals surface area contributed by atoms with Crippen LogP contribution in [0.4, 0.5) is 10.1 Å². The lowest BCUT2D eigenvalue weighted by Gasteiger charge is -2.16. The van der Waals surface area contributed by atoms with Gasteiger partial charge in [-0.3, -0.25) is 4.79 Å². The lowest BCUT2D eigenvalue weighted by atomic mass is 10.1. The van der Waals surface area contributed by atoms with E-state index in [9.17, 15) is 9.18 Å². The second-order valence-electron chi connectivity index (χ2n) is 5.17. The molecule has 2 N–H and O–H groups in total. The van der Waals surface area contributed by atoms with E-state index >= 15 is 0 Å². The van der Waals surface area contributed by atoms with Crippen LogP contribution in [0.25, 0.3) is 0 Å². The summed E-state index contributed by atoms with van der Waals surface area (Å²) in [4.78, 5) is 12.0. The molecular weight excluding hydrogens is 399 g/mol. The number of benzene rings is 2. The highest BCUT2D eigenvalue weighted by Crippen LogP contribution is 2.28. The molecule has 2 rings (SSSR count). The van der Waals surface area contributed by atoms with Crippen molar-refractivity contribution in [2.75, 3.05) is 19.0 Å². The van der Waals surface area contributed by atoms with Crippen molar-refractivity contribution in [3.8, 4) is 5.75 Å². The fourth-order valence-electron chi connectivity index (χ4n) is 2.10. The minimum absolute atomic E-state index is 0.0401. The van der Waals surface area contributed by atoms with Gasteiger partial charge in [0.1, 0.15) is 11.6 Å². The molecule has 24 heavy (non-hydrogen) atoms. The summed E-state index contributed by atoms with van der Waals surface area (Å²) >= 11 is 9.32. The Morgan fingerprint density at radius 2 is 2.08 bits per heavy atom. The van der Waals surface area contributed by atoms with Gasteiger partial charge < -0.3 is 15.4 Å². The zero-order valence-corrected chi connectivity index (χ0v) is 15.5. The van der Waals surface area contributed by atoms with Crippen molar-refractivity contribution in [2.24, 2.45) is 0 Å². The van der Waals surface area contributed by atoms with Crippen molar-refractivity contribution in [1.29, 1.82) is 0 Å². The average Bonchev–Trinajstić information content (AvgIpc) is 2.55. The highest BCUT2D eigenvalue weighted by molar-refractivity contribution is 9.10. The number of amides is 1. The molecule has 0 aliphatic carbocycles. The zero-order chi connectivity index (χ0) is 17.7. The topological polar surface area (TPSA) is 50.4 Å². The first-order chi connectivity index (χ1) is 11.4. The molecule has 7 heteroatoms. The minimum atomic E-state index is -0.449. The summed E-state index contributed by atoms with van der Waals surface area (Å²) in [5, 5.41) is 5.93. The first-order valence-electron chi connectivity index (χ1n) is 7.22. The second-order valence-corrected chi connectivity index (χ2v) is 6.43. The van der Waals surface area contributed by atoms with Gasteiger partial charge in [-0.15, -0.1) is 0 Å². The van der Waals surface area contributed by atoms with Crippen LogP contribution in [0.1, 0.15) is 18.5 Å². The van der Waals surface area contributed by atoms with Gasteiger partial charge in [0, 0.05) is 6.04 Å². The van der Waals surface area contributed by atoms with Crippen LogP contribution in [0.5, 0.6) is 5.75 Å². The van der Waals surface area contributed by atoms with E-state index in [1.165, 1.54) is 12.1 Å². The van der Waals surface area contributed by atoms with Crippen LogP contribution in [-0.4, -0.2) is 19.6 Å². The number of rotatable bonds is 6. The normalized spacial score (nSPS) is 11.9. The molecule has 2 aromatic carbocycles. The number of hydrogen-bond acceptors (Lipinski definition) is 3. The van der Waals surface area contributed by atoms with E-state index in [2.05, 4.69) is 26.6 Å². The van der Waals surface area contributed by atoms with E-state index in [1.807, 2.05) is 25.1 Å². The minimum Gasteiger partial charge on any atom is -0.496 e. The van der Waals surface area contributed by atoms with Crippen LogP contribution in [0.2, 0.25) is 5.02 Å². The van der Waals surface area contributed by atoms with E-state index in [0.29, 0.717) is 5.69 Å². The third-order valence-electron chi connectivity index (χ3n) is 3.45. The fourth-order valence-corrected chi connectivity index (χ4v) is 2.87. The Bertz CT molecular complexity index is 743. The number of halogens is 3.